The SMILES string of the molecule is CCNC(=O)C1(Cc2ccccc2-c2cccc(C)c2)CCN(C(=O)c2cnccn2)C1. The van der Waals surface area contributed by atoms with Gasteiger partial charge in [0.2, 0.25) is 5.91 Å². The molecule has 1 N–H and O–H groups in total. The minimum atomic E-state index is -0.687. The number of nitrogens with one attached hydrogen (secondary N) is 1. The molecule has 2 aromatic carbocycles. The maximum atomic E-state index is 13.3. The zero-order valence-electron chi connectivity index (χ0n) is 18.5. The summed E-state index contributed by atoms with van der Waals surface area (Å²) in [6.07, 6.45) is 5.70. The molecule has 2 heterocycles. The van der Waals surface area contributed by atoms with Crippen molar-refractivity contribution in [2.45, 2.75) is 26.7 Å². The van der Waals surface area contributed by atoms with E-state index in [2.05, 4.69) is 58.6 Å². The van der Waals surface area contributed by atoms with Crippen LogP contribution in [-0.4, -0.2) is 46.3 Å². The summed E-state index contributed by atoms with van der Waals surface area (Å²) < 4.78 is 0. The Kier molecular flexibility index (Phi) is 6.30. The van der Waals surface area contributed by atoms with Crippen molar-refractivity contribution in [3.8, 4) is 11.1 Å². The normalized spacial score (nSPS) is 17.9. The maximum absolute atomic E-state index is 13.3. The molecule has 0 bridgehead atoms. The Morgan fingerprint density at radius 3 is 2.72 bits per heavy atom. The number of carbonyl (C=O) groups excluding carboxylic acids is 2. The summed E-state index contributed by atoms with van der Waals surface area (Å²) >= 11 is 0. The lowest BCUT2D eigenvalue weighted by atomic mass is 9.78. The minimum Gasteiger partial charge on any atom is -0.356 e. The van der Waals surface area contributed by atoms with Gasteiger partial charge >= 0.3 is 0 Å². The second-order valence-electron chi connectivity index (χ2n) is 8.41. The van der Waals surface area contributed by atoms with Gasteiger partial charge in [0.1, 0.15) is 5.69 Å². The third-order valence-corrected chi connectivity index (χ3v) is 6.12. The fourth-order valence-corrected chi connectivity index (χ4v) is 4.51. The molecule has 1 unspecified atom stereocenters. The highest BCUT2D eigenvalue weighted by atomic mass is 16.2. The Morgan fingerprint density at radius 1 is 1.12 bits per heavy atom. The van der Waals surface area contributed by atoms with Crippen molar-refractivity contribution in [3.05, 3.63) is 83.9 Å². The first kappa shape index (κ1) is 21.7. The molecule has 6 nitrogen and oxygen atoms in total. The van der Waals surface area contributed by atoms with Crippen molar-refractivity contribution in [3.63, 3.8) is 0 Å². The van der Waals surface area contributed by atoms with Gasteiger partial charge in [-0.1, -0.05) is 54.1 Å². The Bertz CT molecular complexity index is 1120. The van der Waals surface area contributed by atoms with Crippen LogP contribution in [0.2, 0.25) is 0 Å². The van der Waals surface area contributed by atoms with E-state index in [1.807, 2.05) is 19.1 Å². The fourth-order valence-electron chi connectivity index (χ4n) is 4.51. The third kappa shape index (κ3) is 4.40. The van der Waals surface area contributed by atoms with Gasteiger partial charge in [-0.3, -0.25) is 14.6 Å². The van der Waals surface area contributed by atoms with E-state index >= 15 is 0 Å². The van der Waals surface area contributed by atoms with Crippen molar-refractivity contribution in [1.82, 2.24) is 20.2 Å². The van der Waals surface area contributed by atoms with Gasteiger partial charge in [0.05, 0.1) is 11.6 Å². The van der Waals surface area contributed by atoms with E-state index < -0.39 is 5.41 Å². The van der Waals surface area contributed by atoms with E-state index in [0.717, 1.165) is 16.7 Å². The number of nitrogens with zero attached hydrogens (tertiary/aromatic N) is 3. The maximum Gasteiger partial charge on any atom is 0.274 e. The molecule has 6 heteroatoms. The summed E-state index contributed by atoms with van der Waals surface area (Å²) in [7, 11) is 0. The Labute approximate surface area is 188 Å². The average molecular weight is 429 g/mol. The first-order valence-electron chi connectivity index (χ1n) is 11.0. The number of amides is 2. The summed E-state index contributed by atoms with van der Waals surface area (Å²) in [4.78, 5) is 36.2. The van der Waals surface area contributed by atoms with Gasteiger partial charge < -0.3 is 10.2 Å². The molecule has 2 amide bonds. The van der Waals surface area contributed by atoms with Crippen molar-refractivity contribution in [1.29, 1.82) is 0 Å². The zero-order valence-corrected chi connectivity index (χ0v) is 18.5. The molecule has 32 heavy (non-hydrogen) atoms. The van der Waals surface area contributed by atoms with E-state index in [9.17, 15) is 9.59 Å². The first-order chi connectivity index (χ1) is 15.5. The van der Waals surface area contributed by atoms with E-state index in [-0.39, 0.29) is 11.8 Å². The molecule has 164 valence electrons. The largest absolute Gasteiger partial charge is 0.356 e. The smallest absolute Gasteiger partial charge is 0.274 e. The molecule has 1 aromatic heterocycles. The van der Waals surface area contributed by atoms with Gasteiger partial charge in [0.25, 0.3) is 5.91 Å². The highest BCUT2D eigenvalue weighted by molar-refractivity contribution is 5.93. The molecule has 1 aliphatic rings. The molecule has 0 spiro atoms. The number of carbonyl (C=O) groups is 2. The molecule has 0 radical (unpaired) electrons. The van der Waals surface area contributed by atoms with E-state index in [1.54, 1.807) is 11.1 Å². The van der Waals surface area contributed by atoms with Gasteiger partial charge in [-0.2, -0.15) is 0 Å². The van der Waals surface area contributed by atoms with Crippen molar-refractivity contribution >= 4 is 11.8 Å². The molecule has 1 fully saturated rings. The number of rotatable bonds is 6. The number of hydrogen-bond acceptors (Lipinski definition) is 4. The highest BCUT2D eigenvalue weighted by Gasteiger charge is 2.46. The van der Waals surface area contributed by atoms with Crippen molar-refractivity contribution < 1.29 is 9.59 Å². The molecule has 1 aliphatic heterocycles. The number of likely N-dealkylation sites (tertiary alicyclic amines) is 1. The summed E-state index contributed by atoms with van der Waals surface area (Å²) in [6.45, 7) is 5.42. The lowest BCUT2D eigenvalue weighted by Gasteiger charge is -2.29. The summed E-state index contributed by atoms with van der Waals surface area (Å²) in [5, 5.41) is 3.01. The van der Waals surface area contributed by atoms with E-state index in [4.69, 9.17) is 0 Å². The Hall–Kier alpha value is -3.54. The molecule has 1 saturated heterocycles. The van der Waals surface area contributed by atoms with Gasteiger partial charge in [0.15, 0.2) is 0 Å². The van der Waals surface area contributed by atoms with Crippen LogP contribution < -0.4 is 5.32 Å². The van der Waals surface area contributed by atoms with E-state index in [0.29, 0.717) is 38.2 Å². The molecule has 0 saturated carbocycles. The number of hydrogen-bond donors (Lipinski definition) is 1. The lowest BCUT2D eigenvalue weighted by Crippen LogP contribution is -2.45. The molecular weight excluding hydrogens is 400 g/mol. The molecule has 1 atom stereocenters. The van der Waals surface area contributed by atoms with Crippen LogP contribution in [0.25, 0.3) is 11.1 Å². The first-order valence-corrected chi connectivity index (χ1v) is 11.0. The van der Waals surface area contributed by atoms with Crippen LogP contribution in [0.5, 0.6) is 0 Å². The predicted molar refractivity (Wildman–Crippen MR) is 124 cm³/mol. The van der Waals surface area contributed by atoms with Gasteiger partial charge in [-0.15, -0.1) is 0 Å². The van der Waals surface area contributed by atoms with Crippen LogP contribution in [0.4, 0.5) is 0 Å². The van der Waals surface area contributed by atoms with Gasteiger partial charge in [-0.25, -0.2) is 4.98 Å². The summed E-state index contributed by atoms with van der Waals surface area (Å²) in [5.74, 6) is -0.190. The Morgan fingerprint density at radius 2 is 1.97 bits per heavy atom. The van der Waals surface area contributed by atoms with Gasteiger partial charge in [0, 0.05) is 32.0 Å². The van der Waals surface area contributed by atoms with Crippen LogP contribution in [-0.2, 0) is 11.2 Å². The zero-order chi connectivity index (χ0) is 22.6. The highest BCUT2D eigenvalue weighted by Crippen LogP contribution is 2.38. The Balaban J connectivity index is 1.66. The topological polar surface area (TPSA) is 75.2 Å². The number of benzene rings is 2. The summed E-state index contributed by atoms with van der Waals surface area (Å²) in [6, 6.07) is 16.6. The standard InChI is InChI=1S/C26H28N4O2/c1-3-28-25(32)26(11-14-30(18-26)24(31)23-17-27-12-13-29-23)16-21-8-4-5-10-22(21)20-9-6-7-19(2)15-20/h4-10,12-13,15,17H,3,11,14,16,18H2,1-2H3,(H,28,32). The van der Waals surface area contributed by atoms with Gasteiger partial charge in [-0.05, 0) is 43.4 Å². The molecule has 0 aliphatic carbocycles. The second-order valence-corrected chi connectivity index (χ2v) is 8.41. The number of aryl methyl sites for hydroxylation is 1. The summed E-state index contributed by atoms with van der Waals surface area (Å²) in [5.41, 5.74) is 4.18. The van der Waals surface area contributed by atoms with Crippen LogP contribution in [0.1, 0.15) is 35.0 Å². The van der Waals surface area contributed by atoms with Crippen molar-refractivity contribution in [2.24, 2.45) is 5.41 Å². The van der Waals surface area contributed by atoms with Crippen LogP contribution in [0, 0.1) is 12.3 Å². The molecule has 3 aromatic rings. The third-order valence-electron chi connectivity index (χ3n) is 6.12. The van der Waals surface area contributed by atoms with Crippen molar-refractivity contribution in [2.75, 3.05) is 19.6 Å². The molecular formula is C26H28N4O2. The fraction of sp³-hybridized carbons (Fsp3) is 0.308. The monoisotopic (exact) mass is 428 g/mol. The average Bonchev–Trinajstić information content (AvgIpc) is 3.25. The van der Waals surface area contributed by atoms with Crippen LogP contribution >= 0.6 is 0 Å². The lowest BCUT2D eigenvalue weighted by molar-refractivity contribution is -0.130. The molecule has 4 rings (SSSR count). The van der Waals surface area contributed by atoms with Crippen LogP contribution in [0.3, 0.4) is 0 Å². The second kappa shape index (κ2) is 9.30. The van der Waals surface area contributed by atoms with E-state index in [1.165, 1.54) is 18.0 Å². The predicted octanol–water partition coefficient (Wildman–Crippen LogP) is 3.66. The minimum absolute atomic E-state index is 0.00603. The van der Waals surface area contributed by atoms with Crippen LogP contribution in [0.15, 0.2) is 67.1 Å². The number of aromatic nitrogens is 2. The quantitative estimate of drug-likeness (QED) is 0.650.